The van der Waals surface area contributed by atoms with Gasteiger partial charge in [0.25, 0.3) is 5.89 Å². The van der Waals surface area contributed by atoms with Gasteiger partial charge >= 0.3 is 12.1 Å². The van der Waals surface area contributed by atoms with Gasteiger partial charge in [-0.25, -0.2) is 4.98 Å². The Hall–Kier alpha value is -2.92. The van der Waals surface area contributed by atoms with Crippen LogP contribution in [0.2, 0.25) is 5.02 Å². The van der Waals surface area contributed by atoms with E-state index in [1.165, 1.54) is 10.6 Å². The minimum absolute atomic E-state index is 0.0228. The number of nitrogens with zero attached hydrogens (tertiary/aromatic N) is 4. The third-order valence-corrected chi connectivity index (χ3v) is 5.66. The van der Waals surface area contributed by atoms with Crippen molar-refractivity contribution in [2.24, 2.45) is 0 Å². The normalized spacial score (nSPS) is 11.9. The van der Waals surface area contributed by atoms with Crippen LogP contribution in [-0.4, -0.2) is 30.6 Å². The second-order valence-corrected chi connectivity index (χ2v) is 8.27. The van der Waals surface area contributed by atoms with Gasteiger partial charge in [0.1, 0.15) is 5.69 Å². The lowest BCUT2D eigenvalue weighted by Gasteiger charge is -2.08. The smallest absolute Gasteiger partial charge is 0.417 e. The van der Waals surface area contributed by atoms with Crippen molar-refractivity contribution < 1.29 is 27.6 Å². The Labute approximate surface area is 192 Å². The number of rotatable bonds is 5. The van der Waals surface area contributed by atoms with Crippen LogP contribution in [0, 0.1) is 6.92 Å². The van der Waals surface area contributed by atoms with Crippen molar-refractivity contribution in [1.29, 1.82) is 0 Å². The number of hydrogen-bond acceptors (Lipinski definition) is 5. The van der Waals surface area contributed by atoms with Crippen LogP contribution < -0.4 is 0 Å². The Morgan fingerprint density at radius 1 is 1.25 bits per heavy atom. The predicted molar refractivity (Wildman–Crippen MR) is 112 cm³/mol. The van der Waals surface area contributed by atoms with E-state index in [1.54, 1.807) is 19.1 Å². The van der Waals surface area contributed by atoms with Gasteiger partial charge in [-0.2, -0.15) is 18.2 Å². The fourth-order valence-electron chi connectivity index (χ4n) is 3.17. The van der Waals surface area contributed by atoms with Gasteiger partial charge in [-0.05, 0) is 52.5 Å². The predicted octanol–water partition coefficient (Wildman–Crippen LogP) is 5.81. The van der Waals surface area contributed by atoms with E-state index in [1.807, 2.05) is 0 Å². The fourth-order valence-corrected chi connectivity index (χ4v) is 3.97. The molecule has 7 nitrogen and oxygen atoms in total. The molecule has 0 aliphatic heterocycles. The fraction of sp³-hybridized carbons (Fsp3) is 0.200. The molecule has 0 bridgehead atoms. The van der Waals surface area contributed by atoms with E-state index < -0.39 is 17.7 Å². The maximum absolute atomic E-state index is 13.1. The summed E-state index contributed by atoms with van der Waals surface area (Å²) in [4.78, 5) is 19.4. The van der Waals surface area contributed by atoms with Crippen LogP contribution in [0.3, 0.4) is 0 Å². The van der Waals surface area contributed by atoms with Gasteiger partial charge in [0.2, 0.25) is 5.82 Å². The van der Waals surface area contributed by atoms with Gasteiger partial charge in [-0.15, -0.1) is 0 Å². The standard InChI is InChI=1S/C20H13BrClF3N4O3/c1-9-4-10(2-3-16(30)31)14(22)6-12(9)17-27-19(32-28-17)15-8-29-7-11(20(23,24)25)5-13(21)18(29)26-15/h4-8H,2-3H2,1H3,(H,30,31). The van der Waals surface area contributed by atoms with Gasteiger partial charge in [0.15, 0.2) is 5.65 Å². The van der Waals surface area contributed by atoms with E-state index in [4.69, 9.17) is 21.2 Å². The average Bonchev–Trinajstić information content (AvgIpc) is 3.34. The summed E-state index contributed by atoms with van der Waals surface area (Å²) in [5, 5.41) is 13.2. The minimum Gasteiger partial charge on any atom is -0.481 e. The van der Waals surface area contributed by atoms with Crippen molar-refractivity contribution in [2.75, 3.05) is 0 Å². The first-order valence-electron chi connectivity index (χ1n) is 9.13. The van der Waals surface area contributed by atoms with Gasteiger partial charge in [0.05, 0.1) is 10.0 Å². The number of aromatic nitrogens is 4. The molecule has 0 amide bonds. The summed E-state index contributed by atoms with van der Waals surface area (Å²) >= 11 is 9.40. The zero-order valence-corrected chi connectivity index (χ0v) is 18.6. The molecule has 1 N–H and O–H groups in total. The highest BCUT2D eigenvalue weighted by atomic mass is 79.9. The molecule has 4 aromatic rings. The van der Waals surface area contributed by atoms with Gasteiger partial charge in [0, 0.05) is 29.4 Å². The summed E-state index contributed by atoms with van der Waals surface area (Å²) in [7, 11) is 0. The van der Waals surface area contributed by atoms with Crippen LogP contribution in [0.5, 0.6) is 0 Å². The molecular formula is C20H13BrClF3N4O3. The van der Waals surface area contributed by atoms with E-state index in [0.29, 0.717) is 16.1 Å². The number of hydrogen-bond donors (Lipinski definition) is 1. The topological polar surface area (TPSA) is 93.5 Å². The largest absolute Gasteiger partial charge is 0.481 e. The first-order chi connectivity index (χ1) is 15.0. The van der Waals surface area contributed by atoms with Crippen molar-refractivity contribution in [1.82, 2.24) is 19.5 Å². The molecule has 0 saturated heterocycles. The summed E-state index contributed by atoms with van der Waals surface area (Å²) in [5.74, 6) is -0.682. The summed E-state index contributed by atoms with van der Waals surface area (Å²) in [6, 6.07) is 4.33. The maximum Gasteiger partial charge on any atom is 0.417 e. The number of alkyl halides is 3. The third-order valence-electron chi connectivity index (χ3n) is 4.72. The molecule has 0 unspecified atom stereocenters. The van der Waals surface area contributed by atoms with Crippen molar-refractivity contribution in [3.8, 4) is 23.0 Å². The summed E-state index contributed by atoms with van der Waals surface area (Å²) in [6.07, 6.45) is -1.99. The molecule has 4 rings (SSSR count). The number of pyridine rings is 1. The van der Waals surface area contributed by atoms with Crippen LogP contribution in [0.1, 0.15) is 23.1 Å². The molecule has 3 aromatic heterocycles. The molecule has 0 saturated carbocycles. The molecule has 0 aliphatic carbocycles. The number of benzene rings is 1. The minimum atomic E-state index is -4.51. The third kappa shape index (κ3) is 4.35. The zero-order valence-electron chi connectivity index (χ0n) is 16.2. The van der Waals surface area contributed by atoms with Crippen LogP contribution in [0.4, 0.5) is 13.2 Å². The molecular weight excluding hydrogens is 517 g/mol. The number of carboxylic acids is 1. The Morgan fingerprint density at radius 2 is 2.00 bits per heavy atom. The Morgan fingerprint density at radius 3 is 2.69 bits per heavy atom. The molecule has 12 heteroatoms. The highest BCUT2D eigenvalue weighted by Crippen LogP contribution is 2.34. The zero-order chi connectivity index (χ0) is 23.2. The lowest BCUT2D eigenvalue weighted by Crippen LogP contribution is -2.06. The van der Waals surface area contributed by atoms with Crippen LogP contribution in [0.15, 0.2) is 39.6 Å². The first kappa shape index (κ1) is 22.3. The van der Waals surface area contributed by atoms with E-state index in [-0.39, 0.29) is 40.4 Å². The molecule has 0 atom stereocenters. The van der Waals surface area contributed by atoms with Gasteiger partial charge in [-0.1, -0.05) is 22.8 Å². The maximum atomic E-state index is 13.1. The first-order valence-corrected chi connectivity index (χ1v) is 10.3. The number of carboxylic acid groups (broad SMARTS) is 1. The van der Waals surface area contributed by atoms with Crippen LogP contribution >= 0.6 is 27.5 Å². The Kier molecular flexibility index (Phi) is 5.72. The van der Waals surface area contributed by atoms with E-state index >= 15 is 0 Å². The molecule has 32 heavy (non-hydrogen) atoms. The van der Waals surface area contributed by atoms with Gasteiger partial charge in [-0.3, -0.25) is 4.79 Å². The van der Waals surface area contributed by atoms with E-state index in [9.17, 15) is 18.0 Å². The lowest BCUT2D eigenvalue weighted by molar-refractivity contribution is -0.138. The van der Waals surface area contributed by atoms with Crippen LogP contribution in [-0.2, 0) is 17.4 Å². The van der Waals surface area contributed by atoms with Gasteiger partial charge < -0.3 is 14.0 Å². The van der Waals surface area contributed by atoms with E-state index in [0.717, 1.165) is 17.8 Å². The summed E-state index contributed by atoms with van der Waals surface area (Å²) in [5.41, 5.74) is 1.65. The Balaban J connectivity index is 1.68. The number of aliphatic carboxylic acids is 1. The number of carbonyl (C=O) groups is 1. The monoisotopic (exact) mass is 528 g/mol. The second kappa shape index (κ2) is 8.21. The van der Waals surface area contributed by atoms with Crippen LogP contribution in [0.25, 0.3) is 28.6 Å². The molecule has 0 spiro atoms. The molecule has 0 radical (unpaired) electrons. The molecule has 0 aliphatic rings. The quantitative estimate of drug-likeness (QED) is 0.351. The lowest BCUT2D eigenvalue weighted by atomic mass is 10.0. The number of halogens is 5. The molecule has 166 valence electrons. The molecule has 1 aromatic carbocycles. The number of aryl methyl sites for hydroxylation is 2. The van der Waals surface area contributed by atoms with Crippen molar-refractivity contribution in [3.63, 3.8) is 0 Å². The highest BCUT2D eigenvalue weighted by Gasteiger charge is 2.32. The number of imidazole rings is 1. The second-order valence-electron chi connectivity index (χ2n) is 7.01. The SMILES string of the molecule is Cc1cc(CCC(=O)O)c(Cl)cc1-c1noc(-c2cn3cc(C(F)(F)F)cc(Br)c3n2)n1. The molecule has 0 fully saturated rings. The molecule has 3 heterocycles. The van der Waals surface area contributed by atoms with Crippen molar-refractivity contribution in [2.45, 2.75) is 25.9 Å². The van der Waals surface area contributed by atoms with Crippen molar-refractivity contribution >= 4 is 39.1 Å². The number of fused-ring (bicyclic) bond motifs is 1. The average molecular weight is 530 g/mol. The van der Waals surface area contributed by atoms with E-state index in [2.05, 4.69) is 31.1 Å². The Bertz CT molecular complexity index is 1350. The highest BCUT2D eigenvalue weighted by molar-refractivity contribution is 9.10. The van der Waals surface area contributed by atoms with Crippen molar-refractivity contribution in [3.05, 3.63) is 56.8 Å². The summed E-state index contributed by atoms with van der Waals surface area (Å²) < 4.78 is 45.9. The summed E-state index contributed by atoms with van der Waals surface area (Å²) in [6.45, 7) is 1.80.